The first-order chi connectivity index (χ1) is 8.63. The van der Waals surface area contributed by atoms with Crippen LogP contribution in [0.15, 0.2) is 18.3 Å². The summed E-state index contributed by atoms with van der Waals surface area (Å²) >= 11 is 1.30. The number of hydrogen-bond donors (Lipinski definition) is 2. The van der Waals surface area contributed by atoms with Gasteiger partial charge in [0, 0.05) is 24.7 Å². The fraction of sp³-hybridized carbons (Fsp3) is 0.333. The third kappa shape index (κ3) is 2.44. The van der Waals surface area contributed by atoms with Gasteiger partial charge in [-0.05, 0) is 19.1 Å². The van der Waals surface area contributed by atoms with Gasteiger partial charge in [-0.15, -0.1) is 11.3 Å². The van der Waals surface area contributed by atoms with Crippen LogP contribution in [0.2, 0.25) is 0 Å². The number of carbonyl (C=O) groups is 1. The average molecular weight is 265 g/mol. The van der Waals surface area contributed by atoms with E-state index in [0.717, 1.165) is 10.2 Å². The molecular formula is C12H15N3O2S. The van der Waals surface area contributed by atoms with Crippen molar-refractivity contribution in [1.29, 1.82) is 0 Å². The van der Waals surface area contributed by atoms with Crippen molar-refractivity contribution >= 4 is 33.1 Å². The summed E-state index contributed by atoms with van der Waals surface area (Å²) < 4.78 is 4.97. The zero-order valence-corrected chi connectivity index (χ0v) is 11.1. The second-order valence-electron chi connectivity index (χ2n) is 4.03. The summed E-state index contributed by atoms with van der Waals surface area (Å²) in [4.78, 5) is 17.5. The van der Waals surface area contributed by atoms with E-state index in [1.807, 2.05) is 13.0 Å². The lowest BCUT2D eigenvalue weighted by atomic mass is 10.2. The Morgan fingerprint density at radius 2 is 2.44 bits per heavy atom. The van der Waals surface area contributed by atoms with Crippen molar-refractivity contribution < 1.29 is 9.53 Å². The van der Waals surface area contributed by atoms with E-state index < -0.39 is 0 Å². The SMILES string of the molecule is COCC(C)NC(=O)c1sc2ncccc2c1N. The largest absolute Gasteiger partial charge is 0.397 e. The molecule has 2 rings (SSSR count). The Hall–Kier alpha value is -1.66. The van der Waals surface area contributed by atoms with Crippen molar-refractivity contribution in [3.63, 3.8) is 0 Å². The fourth-order valence-corrected chi connectivity index (χ4v) is 2.67. The van der Waals surface area contributed by atoms with Crippen LogP contribution in [0.4, 0.5) is 5.69 Å². The van der Waals surface area contributed by atoms with Gasteiger partial charge in [0.1, 0.15) is 9.71 Å². The second kappa shape index (κ2) is 5.32. The number of anilines is 1. The number of pyridine rings is 1. The molecule has 2 aromatic rings. The number of carbonyl (C=O) groups excluding carboxylic acids is 1. The van der Waals surface area contributed by atoms with Crippen LogP contribution in [0, 0.1) is 0 Å². The van der Waals surface area contributed by atoms with Crippen LogP contribution < -0.4 is 11.1 Å². The van der Waals surface area contributed by atoms with Gasteiger partial charge in [0.15, 0.2) is 0 Å². The van der Waals surface area contributed by atoms with Gasteiger partial charge in [-0.1, -0.05) is 0 Å². The number of methoxy groups -OCH3 is 1. The highest BCUT2D eigenvalue weighted by molar-refractivity contribution is 7.21. The van der Waals surface area contributed by atoms with Crippen molar-refractivity contribution in [2.24, 2.45) is 0 Å². The number of nitrogens with zero attached hydrogens (tertiary/aromatic N) is 1. The van der Waals surface area contributed by atoms with Gasteiger partial charge in [-0.25, -0.2) is 4.98 Å². The van der Waals surface area contributed by atoms with Crippen molar-refractivity contribution in [3.8, 4) is 0 Å². The molecule has 0 aliphatic rings. The number of nitrogens with one attached hydrogen (secondary N) is 1. The Bertz CT molecular complexity index is 567. The molecule has 0 bridgehead atoms. The van der Waals surface area contributed by atoms with Gasteiger partial charge in [0.05, 0.1) is 12.3 Å². The van der Waals surface area contributed by atoms with E-state index in [1.54, 1.807) is 19.4 Å². The molecule has 96 valence electrons. The summed E-state index contributed by atoms with van der Waals surface area (Å²) in [6.45, 7) is 2.35. The van der Waals surface area contributed by atoms with Gasteiger partial charge in [0.2, 0.25) is 0 Å². The lowest BCUT2D eigenvalue weighted by Crippen LogP contribution is -2.35. The van der Waals surface area contributed by atoms with Crippen molar-refractivity contribution in [2.45, 2.75) is 13.0 Å². The molecule has 1 unspecified atom stereocenters. The van der Waals surface area contributed by atoms with Crippen molar-refractivity contribution in [3.05, 3.63) is 23.2 Å². The third-order valence-electron chi connectivity index (χ3n) is 2.51. The number of hydrogen-bond acceptors (Lipinski definition) is 5. The lowest BCUT2D eigenvalue weighted by molar-refractivity contribution is 0.0910. The number of ether oxygens (including phenoxy) is 1. The minimum absolute atomic E-state index is 0.0555. The van der Waals surface area contributed by atoms with Crippen LogP contribution in [0.3, 0.4) is 0 Å². The standard InChI is InChI=1S/C12H15N3O2S/c1-7(6-17-2)15-11(16)10-9(13)8-4-3-5-14-12(8)18-10/h3-5,7H,6,13H2,1-2H3,(H,15,16). The molecule has 0 saturated heterocycles. The quantitative estimate of drug-likeness (QED) is 0.881. The Morgan fingerprint density at radius 1 is 1.67 bits per heavy atom. The maximum Gasteiger partial charge on any atom is 0.263 e. The first-order valence-corrected chi connectivity index (χ1v) is 6.38. The molecule has 0 aromatic carbocycles. The fourth-order valence-electron chi connectivity index (χ4n) is 1.70. The monoisotopic (exact) mass is 265 g/mol. The van der Waals surface area contributed by atoms with E-state index in [-0.39, 0.29) is 11.9 Å². The Labute approximate surface area is 109 Å². The minimum Gasteiger partial charge on any atom is -0.397 e. The summed E-state index contributed by atoms with van der Waals surface area (Å²) in [6.07, 6.45) is 1.69. The molecule has 6 heteroatoms. The summed E-state index contributed by atoms with van der Waals surface area (Å²) in [5.41, 5.74) is 6.46. The van der Waals surface area contributed by atoms with Crippen LogP contribution in [-0.2, 0) is 4.74 Å². The number of rotatable bonds is 4. The molecule has 18 heavy (non-hydrogen) atoms. The number of nitrogen functional groups attached to an aromatic ring is 1. The molecule has 0 radical (unpaired) electrons. The van der Waals surface area contributed by atoms with Crippen LogP contribution in [-0.4, -0.2) is 30.6 Å². The molecule has 1 amide bonds. The third-order valence-corrected chi connectivity index (χ3v) is 3.63. The average Bonchev–Trinajstić information content (AvgIpc) is 2.68. The van der Waals surface area contributed by atoms with Gasteiger partial charge in [0.25, 0.3) is 5.91 Å². The molecule has 0 aliphatic heterocycles. The van der Waals surface area contributed by atoms with E-state index in [2.05, 4.69) is 10.3 Å². The molecule has 0 saturated carbocycles. The van der Waals surface area contributed by atoms with E-state index in [0.29, 0.717) is 17.2 Å². The normalized spacial score (nSPS) is 12.6. The highest BCUT2D eigenvalue weighted by Crippen LogP contribution is 2.31. The lowest BCUT2D eigenvalue weighted by Gasteiger charge is -2.11. The zero-order chi connectivity index (χ0) is 13.1. The zero-order valence-electron chi connectivity index (χ0n) is 10.3. The maximum atomic E-state index is 12.1. The predicted molar refractivity (Wildman–Crippen MR) is 72.8 cm³/mol. The first kappa shape index (κ1) is 12.8. The van der Waals surface area contributed by atoms with Crippen molar-refractivity contribution in [2.75, 3.05) is 19.5 Å². The van der Waals surface area contributed by atoms with E-state index in [9.17, 15) is 4.79 Å². The molecule has 0 spiro atoms. The molecule has 5 nitrogen and oxygen atoms in total. The van der Waals surface area contributed by atoms with Crippen molar-refractivity contribution in [1.82, 2.24) is 10.3 Å². The van der Waals surface area contributed by atoms with Crippen LogP contribution in [0.1, 0.15) is 16.6 Å². The van der Waals surface area contributed by atoms with E-state index in [1.165, 1.54) is 11.3 Å². The topological polar surface area (TPSA) is 77.2 Å². The minimum atomic E-state index is -0.181. The number of aromatic nitrogens is 1. The maximum absolute atomic E-state index is 12.1. The molecule has 2 heterocycles. The van der Waals surface area contributed by atoms with Crippen LogP contribution >= 0.6 is 11.3 Å². The van der Waals surface area contributed by atoms with E-state index >= 15 is 0 Å². The number of amides is 1. The number of nitrogens with two attached hydrogens (primary N) is 1. The molecule has 3 N–H and O–H groups in total. The summed E-state index contributed by atoms with van der Waals surface area (Å²) in [6, 6.07) is 3.62. The Balaban J connectivity index is 2.25. The first-order valence-electron chi connectivity index (χ1n) is 5.56. The Kier molecular flexibility index (Phi) is 3.78. The Morgan fingerprint density at radius 3 is 3.11 bits per heavy atom. The second-order valence-corrected chi connectivity index (χ2v) is 5.03. The molecule has 2 aromatic heterocycles. The predicted octanol–water partition coefficient (Wildman–Crippen LogP) is 1.64. The summed E-state index contributed by atoms with van der Waals surface area (Å²) in [5, 5.41) is 3.66. The van der Waals surface area contributed by atoms with Gasteiger partial charge in [-0.2, -0.15) is 0 Å². The molecule has 1 atom stereocenters. The smallest absolute Gasteiger partial charge is 0.263 e. The van der Waals surface area contributed by atoms with E-state index in [4.69, 9.17) is 10.5 Å². The highest BCUT2D eigenvalue weighted by Gasteiger charge is 2.18. The summed E-state index contributed by atoms with van der Waals surface area (Å²) in [7, 11) is 1.60. The molecule has 0 aliphatic carbocycles. The van der Waals surface area contributed by atoms with Gasteiger partial charge < -0.3 is 15.8 Å². The van der Waals surface area contributed by atoms with Gasteiger partial charge >= 0.3 is 0 Å². The molecular weight excluding hydrogens is 250 g/mol. The highest BCUT2D eigenvalue weighted by atomic mass is 32.1. The summed E-state index contributed by atoms with van der Waals surface area (Å²) in [5.74, 6) is -0.181. The number of fused-ring (bicyclic) bond motifs is 1. The molecule has 0 fully saturated rings. The number of thiophene rings is 1. The van der Waals surface area contributed by atoms with Gasteiger partial charge in [-0.3, -0.25) is 4.79 Å². The van der Waals surface area contributed by atoms with Crippen LogP contribution in [0.25, 0.3) is 10.2 Å². The van der Waals surface area contributed by atoms with Crippen LogP contribution in [0.5, 0.6) is 0 Å².